The second kappa shape index (κ2) is 4.10. The number of pyridine rings is 1. The minimum absolute atomic E-state index is 0.158. The number of rotatable bonds is 2. The van der Waals surface area contributed by atoms with Crippen molar-refractivity contribution in [1.29, 1.82) is 0 Å². The molecule has 0 spiro atoms. The van der Waals surface area contributed by atoms with E-state index in [9.17, 15) is 4.79 Å². The van der Waals surface area contributed by atoms with Crippen LogP contribution in [0.3, 0.4) is 0 Å². The fourth-order valence-corrected chi connectivity index (χ4v) is 2.07. The molecule has 1 aliphatic heterocycles. The Morgan fingerprint density at radius 1 is 1.67 bits per heavy atom. The largest absolute Gasteiger partial charge is 0.384 e. The smallest absolute Gasteiger partial charge is 0.224 e. The molecule has 2 rings (SSSR count). The first kappa shape index (κ1) is 10.3. The van der Waals surface area contributed by atoms with Crippen LogP contribution in [-0.2, 0) is 11.3 Å². The van der Waals surface area contributed by atoms with E-state index in [1.54, 1.807) is 17.2 Å². The molecule has 1 fully saturated rings. The third-order valence-electron chi connectivity index (χ3n) is 2.41. The van der Waals surface area contributed by atoms with Gasteiger partial charge in [0.25, 0.3) is 0 Å². The number of amides is 1. The predicted molar refractivity (Wildman–Crippen MR) is 61.5 cm³/mol. The molecule has 1 atom stereocenters. The number of carbonyl (C=O) groups excluding carboxylic acids is 1. The van der Waals surface area contributed by atoms with Gasteiger partial charge in [-0.25, -0.2) is 4.98 Å². The van der Waals surface area contributed by atoms with Crippen LogP contribution in [0, 0.1) is 0 Å². The molecule has 0 aromatic carbocycles. The van der Waals surface area contributed by atoms with E-state index in [1.165, 1.54) is 0 Å². The monoisotopic (exact) mass is 223 g/mol. The minimum atomic E-state index is 0.158. The predicted octanol–water partition coefficient (Wildman–Crippen LogP) is 0.695. The molecule has 0 bridgehead atoms. The van der Waals surface area contributed by atoms with Crippen molar-refractivity contribution in [2.24, 2.45) is 0 Å². The average Bonchev–Trinajstić information content (AvgIpc) is 2.45. The van der Waals surface area contributed by atoms with Gasteiger partial charge in [-0.05, 0) is 17.7 Å². The van der Waals surface area contributed by atoms with Gasteiger partial charge in [-0.3, -0.25) is 4.79 Å². The average molecular weight is 223 g/mol. The maximum atomic E-state index is 11.5. The molecule has 0 aliphatic carbocycles. The van der Waals surface area contributed by atoms with Crippen molar-refractivity contribution in [3.05, 3.63) is 23.9 Å². The SMILES string of the molecule is Nc1cc(CN2CC(S)CC2=O)ccn1. The van der Waals surface area contributed by atoms with Gasteiger partial charge in [0.05, 0.1) is 0 Å². The molecule has 15 heavy (non-hydrogen) atoms. The second-order valence-corrected chi connectivity index (χ2v) is 4.45. The Bertz CT molecular complexity index is 383. The Morgan fingerprint density at radius 2 is 2.47 bits per heavy atom. The summed E-state index contributed by atoms with van der Waals surface area (Å²) in [7, 11) is 0. The van der Waals surface area contributed by atoms with Gasteiger partial charge in [-0.1, -0.05) is 0 Å². The lowest BCUT2D eigenvalue weighted by Gasteiger charge is -2.15. The van der Waals surface area contributed by atoms with E-state index >= 15 is 0 Å². The number of nitrogens with two attached hydrogens (primary N) is 1. The highest BCUT2D eigenvalue weighted by atomic mass is 32.1. The zero-order valence-corrected chi connectivity index (χ0v) is 9.15. The highest BCUT2D eigenvalue weighted by Gasteiger charge is 2.26. The molecule has 1 aliphatic rings. The van der Waals surface area contributed by atoms with Crippen molar-refractivity contribution < 1.29 is 4.79 Å². The Labute approximate surface area is 93.9 Å². The summed E-state index contributed by atoms with van der Waals surface area (Å²) in [6, 6.07) is 3.66. The first-order chi connectivity index (χ1) is 7.15. The van der Waals surface area contributed by atoms with Gasteiger partial charge in [0, 0.05) is 31.0 Å². The summed E-state index contributed by atoms with van der Waals surface area (Å²) in [6.07, 6.45) is 2.19. The Balaban J connectivity index is 2.06. The fraction of sp³-hybridized carbons (Fsp3) is 0.400. The van der Waals surface area contributed by atoms with Gasteiger partial charge in [-0.15, -0.1) is 0 Å². The van der Waals surface area contributed by atoms with Crippen molar-refractivity contribution >= 4 is 24.4 Å². The van der Waals surface area contributed by atoms with E-state index in [-0.39, 0.29) is 11.2 Å². The standard InChI is InChI=1S/C10H13N3OS/c11-9-3-7(1-2-12-9)5-13-6-8(15)4-10(13)14/h1-3,8,15H,4-6H2,(H2,11,12). The fourth-order valence-electron chi connectivity index (χ4n) is 1.72. The lowest BCUT2D eigenvalue weighted by Crippen LogP contribution is -2.24. The number of likely N-dealkylation sites (tertiary alicyclic amines) is 1. The van der Waals surface area contributed by atoms with E-state index in [0.29, 0.717) is 25.3 Å². The number of hydrogen-bond donors (Lipinski definition) is 2. The maximum Gasteiger partial charge on any atom is 0.224 e. The van der Waals surface area contributed by atoms with Crippen molar-refractivity contribution in [3.8, 4) is 0 Å². The Morgan fingerprint density at radius 3 is 3.07 bits per heavy atom. The minimum Gasteiger partial charge on any atom is -0.384 e. The van der Waals surface area contributed by atoms with Crippen molar-refractivity contribution in [2.75, 3.05) is 12.3 Å². The normalized spacial score (nSPS) is 21.0. The molecule has 0 radical (unpaired) electrons. The van der Waals surface area contributed by atoms with Gasteiger partial charge in [-0.2, -0.15) is 12.6 Å². The summed E-state index contributed by atoms with van der Waals surface area (Å²) in [5, 5.41) is 0.164. The van der Waals surface area contributed by atoms with Gasteiger partial charge in [0.1, 0.15) is 5.82 Å². The third kappa shape index (κ3) is 2.41. The highest BCUT2D eigenvalue weighted by Crippen LogP contribution is 2.18. The van der Waals surface area contributed by atoms with E-state index in [2.05, 4.69) is 17.6 Å². The van der Waals surface area contributed by atoms with Crippen molar-refractivity contribution in [1.82, 2.24) is 9.88 Å². The van der Waals surface area contributed by atoms with Crippen LogP contribution in [0.1, 0.15) is 12.0 Å². The van der Waals surface area contributed by atoms with Crippen LogP contribution in [0.5, 0.6) is 0 Å². The molecule has 0 saturated carbocycles. The van der Waals surface area contributed by atoms with Crippen LogP contribution < -0.4 is 5.73 Å². The molecular weight excluding hydrogens is 210 g/mol. The van der Waals surface area contributed by atoms with E-state index < -0.39 is 0 Å². The Hall–Kier alpha value is -1.23. The Kier molecular flexibility index (Phi) is 2.81. The van der Waals surface area contributed by atoms with Gasteiger partial charge >= 0.3 is 0 Å². The number of anilines is 1. The van der Waals surface area contributed by atoms with Crippen LogP contribution in [0.2, 0.25) is 0 Å². The summed E-state index contributed by atoms with van der Waals surface area (Å²) in [4.78, 5) is 17.2. The molecular formula is C10H13N3OS. The molecule has 1 aromatic heterocycles. The van der Waals surface area contributed by atoms with Gasteiger partial charge < -0.3 is 10.6 Å². The van der Waals surface area contributed by atoms with Gasteiger partial charge in [0.15, 0.2) is 0 Å². The third-order valence-corrected chi connectivity index (χ3v) is 2.76. The van der Waals surface area contributed by atoms with Crippen molar-refractivity contribution in [2.45, 2.75) is 18.2 Å². The number of carbonyl (C=O) groups is 1. The zero-order valence-electron chi connectivity index (χ0n) is 8.26. The van der Waals surface area contributed by atoms with E-state index in [4.69, 9.17) is 5.73 Å². The lowest BCUT2D eigenvalue weighted by atomic mass is 10.2. The molecule has 1 unspecified atom stereocenters. The van der Waals surface area contributed by atoms with Crippen LogP contribution in [-0.4, -0.2) is 27.6 Å². The number of nitrogen functional groups attached to an aromatic ring is 1. The molecule has 5 heteroatoms. The second-order valence-electron chi connectivity index (χ2n) is 3.72. The van der Waals surface area contributed by atoms with Crippen LogP contribution in [0.15, 0.2) is 18.3 Å². The van der Waals surface area contributed by atoms with Crippen molar-refractivity contribution in [3.63, 3.8) is 0 Å². The molecule has 4 nitrogen and oxygen atoms in total. The first-order valence-electron chi connectivity index (χ1n) is 4.81. The summed E-state index contributed by atoms with van der Waals surface area (Å²) in [5.74, 6) is 0.645. The molecule has 1 saturated heterocycles. The summed E-state index contributed by atoms with van der Waals surface area (Å²) >= 11 is 4.30. The summed E-state index contributed by atoms with van der Waals surface area (Å²) in [5.41, 5.74) is 6.58. The molecule has 2 N–H and O–H groups in total. The van der Waals surface area contributed by atoms with Crippen LogP contribution in [0.4, 0.5) is 5.82 Å². The first-order valence-corrected chi connectivity index (χ1v) is 5.33. The van der Waals surface area contributed by atoms with Crippen LogP contribution in [0.25, 0.3) is 0 Å². The molecule has 2 heterocycles. The molecule has 1 amide bonds. The maximum absolute atomic E-state index is 11.5. The number of nitrogens with zero attached hydrogens (tertiary/aromatic N) is 2. The van der Waals surface area contributed by atoms with E-state index in [0.717, 1.165) is 5.56 Å². The summed E-state index contributed by atoms with van der Waals surface area (Å²) in [6.45, 7) is 1.31. The van der Waals surface area contributed by atoms with Crippen LogP contribution >= 0.6 is 12.6 Å². The van der Waals surface area contributed by atoms with E-state index in [1.807, 2.05) is 6.07 Å². The molecule has 1 aromatic rings. The van der Waals surface area contributed by atoms with Gasteiger partial charge in [0.2, 0.25) is 5.91 Å². The molecule has 80 valence electrons. The lowest BCUT2D eigenvalue weighted by molar-refractivity contribution is -0.128. The summed E-state index contributed by atoms with van der Waals surface area (Å²) < 4.78 is 0. The zero-order chi connectivity index (χ0) is 10.8. The number of aromatic nitrogens is 1. The number of hydrogen-bond acceptors (Lipinski definition) is 4. The highest BCUT2D eigenvalue weighted by molar-refractivity contribution is 7.81. The number of thiol groups is 1. The quantitative estimate of drug-likeness (QED) is 0.725. The topological polar surface area (TPSA) is 59.2 Å².